The van der Waals surface area contributed by atoms with E-state index < -0.39 is 0 Å². The average Bonchev–Trinajstić information content (AvgIpc) is 2.50. The Bertz CT molecular complexity index is 379. The van der Waals surface area contributed by atoms with Crippen LogP contribution in [-0.4, -0.2) is 30.2 Å². The van der Waals surface area contributed by atoms with Gasteiger partial charge in [0.05, 0.1) is 7.11 Å². The van der Waals surface area contributed by atoms with Crippen LogP contribution in [0.15, 0.2) is 12.3 Å². The van der Waals surface area contributed by atoms with Crippen molar-refractivity contribution in [2.45, 2.75) is 33.1 Å². The molecule has 0 aromatic carbocycles. The number of methoxy groups -OCH3 is 1. The maximum atomic E-state index is 5.14. The molecule has 0 radical (unpaired) electrons. The highest BCUT2D eigenvalue weighted by Gasteiger charge is 2.24. The third kappa shape index (κ3) is 3.08. The van der Waals surface area contributed by atoms with E-state index in [1.807, 2.05) is 0 Å². The van der Waals surface area contributed by atoms with Crippen LogP contribution in [0, 0.1) is 5.41 Å². The lowest BCUT2D eigenvalue weighted by molar-refractivity contribution is 0.325. The lowest BCUT2D eigenvalue weighted by Gasteiger charge is -2.23. The molecule has 1 fully saturated rings. The molecule has 1 aromatic heterocycles. The lowest BCUT2D eigenvalue weighted by atomic mass is 9.85. The van der Waals surface area contributed by atoms with Crippen LogP contribution in [0.4, 0.5) is 5.95 Å². The van der Waals surface area contributed by atoms with Crippen molar-refractivity contribution in [3.05, 3.63) is 12.3 Å². The first-order chi connectivity index (χ1) is 8.11. The van der Waals surface area contributed by atoms with Crippen molar-refractivity contribution in [1.29, 1.82) is 0 Å². The molecule has 0 saturated carbocycles. The number of ether oxygens (including phenoxy) is 1. The second-order valence-corrected chi connectivity index (χ2v) is 5.40. The van der Waals surface area contributed by atoms with Crippen molar-refractivity contribution >= 4 is 5.95 Å². The third-order valence-electron chi connectivity index (χ3n) is 3.45. The van der Waals surface area contributed by atoms with E-state index in [0.29, 0.717) is 11.3 Å². The first-order valence-electron chi connectivity index (χ1n) is 6.23. The molecule has 4 nitrogen and oxygen atoms in total. The van der Waals surface area contributed by atoms with E-state index in [2.05, 4.69) is 28.7 Å². The first kappa shape index (κ1) is 12.1. The number of nitrogens with zero attached hydrogens (tertiary/aromatic N) is 3. The van der Waals surface area contributed by atoms with Crippen LogP contribution in [0.2, 0.25) is 0 Å². The Hall–Kier alpha value is -1.32. The molecule has 0 N–H and O–H groups in total. The van der Waals surface area contributed by atoms with E-state index in [0.717, 1.165) is 19.0 Å². The Kier molecular flexibility index (Phi) is 3.50. The van der Waals surface area contributed by atoms with Gasteiger partial charge in [-0.3, -0.25) is 0 Å². The monoisotopic (exact) mass is 235 g/mol. The van der Waals surface area contributed by atoms with Gasteiger partial charge < -0.3 is 9.64 Å². The van der Waals surface area contributed by atoms with Gasteiger partial charge in [-0.1, -0.05) is 13.8 Å². The molecule has 17 heavy (non-hydrogen) atoms. The third-order valence-corrected chi connectivity index (χ3v) is 3.45. The first-order valence-corrected chi connectivity index (χ1v) is 6.23. The van der Waals surface area contributed by atoms with Crippen LogP contribution >= 0.6 is 0 Å². The summed E-state index contributed by atoms with van der Waals surface area (Å²) in [5.41, 5.74) is 0.438. The number of rotatable bonds is 2. The van der Waals surface area contributed by atoms with Crippen LogP contribution in [0.1, 0.15) is 33.1 Å². The fourth-order valence-electron chi connectivity index (χ4n) is 2.22. The van der Waals surface area contributed by atoms with Crippen molar-refractivity contribution in [3.8, 4) is 5.88 Å². The lowest BCUT2D eigenvalue weighted by Crippen LogP contribution is -2.26. The normalized spacial score (nSPS) is 19.8. The topological polar surface area (TPSA) is 38.2 Å². The maximum absolute atomic E-state index is 5.14. The van der Waals surface area contributed by atoms with Crippen LogP contribution < -0.4 is 9.64 Å². The van der Waals surface area contributed by atoms with Gasteiger partial charge in [-0.25, -0.2) is 4.98 Å². The van der Waals surface area contributed by atoms with Crippen molar-refractivity contribution < 1.29 is 4.74 Å². The second-order valence-electron chi connectivity index (χ2n) is 5.40. The summed E-state index contributed by atoms with van der Waals surface area (Å²) in [7, 11) is 1.64. The molecule has 0 amide bonds. The summed E-state index contributed by atoms with van der Waals surface area (Å²) in [4.78, 5) is 11.0. The zero-order valence-corrected chi connectivity index (χ0v) is 10.9. The zero-order valence-electron chi connectivity index (χ0n) is 10.9. The summed E-state index contributed by atoms with van der Waals surface area (Å²) in [5, 5.41) is 0. The van der Waals surface area contributed by atoms with Crippen molar-refractivity contribution in [1.82, 2.24) is 9.97 Å². The quantitative estimate of drug-likeness (QED) is 0.789. The molecule has 2 heterocycles. The molecular weight excluding hydrogens is 214 g/mol. The van der Waals surface area contributed by atoms with Gasteiger partial charge in [0.15, 0.2) is 0 Å². The molecule has 0 bridgehead atoms. The molecule has 94 valence electrons. The molecule has 0 atom stereocenters. The summed E-state index contributed by atoms with van der Waals surface area (Å²) in [5.74, 6) is 1.43. The number of hydrogen-bond donors (Lipinski definition) is 0. The van der Waals surface area contributed by atoms with Gasteiger partial charge in [0.25, 0.3) is 0 Å². The predicted molar refractivity (Wildman–Crippen MR) is 68.4 cm³/mol. The Morgan fingerprint density at radius 1 is 1.29 bits per heavy atom. The predicted octanol–water partition coefficient (Wildman–Crippen LogP) is 2.50. The standard InChI is InChI=1S/C13H21N3O/c1-13(2)6-4-9-16(10-7-13)12-14-8-5-11(15-12)17-3/h5,8H,4,6-7,9-10H2,1-3H3. The molecule has 0 unspecified atom stereocenters. The number of aromatic nitrogens is 2. The van der Waals surface area contributed by atoms with Crippen LogP contribution in [0.3, 0.4) is 0 Å². The molecule has 1 aliphatic rings. The van der Waals surface area contributed by atoms with E-state index in [4.69, 9.17) is 4.74 Å². The molecule has 1 aliphatic heterocycles. The Balaban J connectivity index is 2.11. The molecule has 2 rings (SSSR count). The summed E-state index contributed by atoms with van der Waals surface area (Å²) >= 11 is 0. The summed E-state index contributed by atoms with van der Waals surface area (Å²) in [6.45, 7) is 6.74. The van der Waals surface area contributed by atoms with E-state index in [1.54, 1.807) is 19.4 Å². The Morgan fingerprint density at radius 3 is 2.88 bits per heavy atom. The fraction of sp³-hybridized carbons (Fsp3) is 0.692. The van der Waals surface area contributed by atoms with E-state index in [1.165, 1.54) is 19.3 Å². The summed E-state index contributed by atoms with van der Waals surface area (Å²) in [6.07, 6.45) is 5.42. The Labute approximate surface area is 103 Å². The van der Waals surface area contributed by atoms with E-state index in [9.17, 15) is 0 Å². The van der Waals surface area contributed by atoms with Gasteiger partial charge in [0.2, 0.25) is 11.8 Å². The minimum Gasteiger partial charge on any atom is -0.481 e. The van der Waals surface area contributed by atoms with Gasteiger partial charge in [-0.05, 0) is 24.7 Å². The van der Waals surface area contributed by atoms with Crippen LogP contribution in [0.25, 0.3) is 0 Å². The maximum Gasteiger partial charge on any atom is 0.228 e. The van der Waals surface area contributed by atoms with Crippen molar-refractivity contribution in [2.75, 3.05) is 25.1 Å². The second kappa shape index (κ2) is 4.90. The molecule has 0 aliphatic carbocycles. The highest BCUT2D eigenvalue weighted by molar-refractivity contribution is 5.32. The largest absolute Gasteiger partial charge is 0.481 e. The molecule has 4 heteroatoms. The van der Waals surface area contributed by atoms with Crippen LogP contribution in [0.5, 0.6) is 5.88 Å². The van der Waals surface area contributed by atoms with E-state index in [-0.39, 0.29) is 0 Å². The number of anilines is 1. The summed E-state index contributed by atoms with van der Waals surface area (Å²) < 4.78 is 5.14. The SMILES string of the molecule is COc1ccnc(N2CCCC(C)(C)CC2)n1. The van der Waals surface area contributed by atoms with Crippen molar-refractivity contribution in [3.63, 3.8) is 0 Å². The van der Waals surface area contributed by atoms with Crippen molar-refractivity contribution in [2.24, 2.45) is 5.41 Å². The van der Waals surface area contributed by atoms with Gasteiger partial charge in [0.1, 0.15) is 0 Å². The van der Waals surface area contributed by atoms with Crippen LogP contribution in [-0.2, 0) is 0 Å². The summed E-state index contributed by atoms with van der Waals surface area (Å²) in [6, 6.07) is 1.78. The molecular formula is C13H21N3O. The highest BCUT2D eigenvalue weighted by atomic mass is 16.5. The zero-order chi connectivity index (χ0) is 12.3. The minimum atomic E-state index is 0.438. The van der Waals surface area contributed by atoms with Gasteiger partial charge >= 0.3 is 0 Å². The smallest absolute Gasteiger partial charge is 0.228 e. The number of hydrogen-bond acceptors (Lipinski definition) is 4. The highest BCUT2D eigenvalue weighted by Crippen LogP contribution is 2.30. The molecule has 1 saturated heterocycles. The average molecular weight is 235 g/mol. The minimum absolute atomic E-state index is 0.438. The molecule has 1 aromatic rings. The van der Waals surface area contributed by atoms with Gasteiger partial charge in [-0.15, -0.1) is 0 Å². The fourth-order valence-corrected chi connectivity index (χ4v) is 2.22. The van der Waals surface area contributed by atoms with Gasteiger partial charge in [-0.2, -0.15) is 4.98 Å². The molecule has 0 spiro atoms. The Morgan fingerprint density at radius 2 is 2.12 bits per heavy atom. The van der Waals surface area contributed by atoms with E-state index >= 15 is 0 Å². The van der Waals surface area contributed by atoms with Gasteiger partial charge in [0, 0.05) is 25.4 Å².